The van der Waals surface area contributed by atoms with Gasteiger partial charge in [-0.3, -0.25) is 4.79 Å². The Kier molecular flexibility index (Phi) is 3.75. The third-order valence-corrected chi connectivity index (χ3v) is 2.65. The molecule has 0 N–H and O–H groups in total. The summed E-state index contributed by atoms with van der Waals surface area (Å²) in [6, 6.07) is 12.9. The van der Waals surface area contributed by atoms with Crippen molar-refractivity contribution in [1.82, 2.24) is 0 Å². The number of ether oxygens (including phenoxy) is 1. The molecule has 4 heteroatoms. The molecule has 2 aromatic carbocycles. The fraction of sp³-hybridized carbons (Fsp3) is 0. The molecule has 0 spiro atoms. The number of hydrogen-bond acceptors (Lipinski definition) is 3. The molecule has 0 aromatic heterocycles. The van der Waals surface area contributed by atoms with Crippen LogP contribution in [0.1, 0.15) is 20.7 Å². The quantitative estimate of drug-likeness (QED) is 0.483. The van der Waals surface area contributed by atoms with Gasteiger partial charge in [0.15, 0.2) is 0 Å². The van der Waals surface area contributed by atoms with Gasteiger partial charge in [0.2, 0.25) is 0 Å². The van der Waals surface area contributed by atoms with Crippen molar-refractivity contribution in [1.29, 1.82) is 0 Å². The van der Waals surface area contributed by atoms with Crippen LogP contribution >= 0.6 is 11.6 Å². The van der Waals surface area contributed by atoms with E-state index in [1.165, 1.54) is 0 Å². The van der Waals surface area contributed by atoms with Crippen LogP contribution in [0, 0.1) is 0 Å². The number of esters is 1. The first kappa shape index (κ1) is 12.3. The fourth-order valence-corrected chi connectivity index (χ4v) is 1.62. The van der Waals surface area contributed by atoms with E-state index >= 15 is 0 Å². The molecule has 0 atom stereocenters. The summed E-state index contributed by atoms with van der Waals surface area (Å²) in [5.74, 6) is -0.162. The van der Waals surface area contributed by atoms with Crippen LogP contribution in [0.4, 0.5) is 0 Å². The SMILES string of the molecule is O=Cc1ccc(OC(=O)c2ccccc2Cl)cc1. The Bertz CT molecular complexity index is 576. The minimum Gasteiger partial charge on any atom is -0.423 e. The predicted molar refractivity (Wildman–Crippen MR) is 68.2 cm³/mol. The summed E-state index contributed by atoms with van der Waals surface area (Å²) in [4.78, 5) is 22.3. The van der Waals surface area contributed by atoms with E-state index < -0.39 is 5.97 Å². The highest BCUT2D eigenvalue weighted by atomic mass is 35.5. The van der Waals surface area contributed by atoms with Crippen molar-refractivity contribution < 1.29 is 14.3 Å². The highest BCUT2D eigenvalue weighted by Crippen LogP contribution is 2.18. The zero-order valence-electron chi connectivity index (χ0n) is 9.30. The molecule has 0 saturated heterocycles. The maximum absolute atomic E-state index is 11.8. The van der Waals surface area contributed by atoms with E-state index in [4.69, 9.17) is 16.3 Å². The molecule has 18 heavy (non-hydrogen) atoms. The average Bonchev–Trinajstić information content (AvgIpc) is 2.40. The molecule has 0 aliphatic rings. The van der Waals surface area contributed by atoms with Gasteiger partial charge in [-0.05, 0) is 36.4 Å². The van der Waals surface area contributed by atoms with Crippen LogP contribution in [-0.4, -0.2) is 12.3 Å². The minimum atomic E-state index is -0.528. The minimum absolute atomic E-state index is 0.304. The van der Waals surface area contributed by atoms with Crippen molar-refractivity contribution in [3.05, 3.63) is 64.7 Å². The molecule has 0 fully saturated rings. The van der Waals surface area contributed by atoms with Gasteiger partial charge in [0.05, 0.1) is 10.6 Å². The molecule has 0 aliphatic carbocycles. The van der Waals surface area contributed by atoms with E-state index in [2.05, 4.69) is 0 Å². The summed E-state index contributed by atoms with van der Waals surface area (Å²) in [6.07, 6.45) is 0.722. The molecule has 0 amide bonds. The van der Waals surface area contributed by atoms with Crippen LogP contribution in [0.2, 0.25) is 5.02 Å². The zero-order valence-corrected chi connectivity index (χ0v) is 10.1. The third-order valence-electron chi connectivity index (χ3n) is 2.32. The Morgan fingerprint density at radius 3 is 2.33 bits per heavy atom. The summed E-state index contributed by atoms with van der Waals surface area (Å²) in [6.45, 7) is 0. The van der Waals surface area contributed by atoms with Crippen molar-refractivity contribution in [2.24, 2.45) is 0 Å². The van der Waals surface area contributed by atoms with Gasteiger partial charge >= 0.3 is 5.97 Å². The molecule has 0 radical (unpaired) electrons. The van der Waals surface area contributed by atoms with Crippen LogP contribution < -0.4 is 4.74 Å². The first-order valence-corrected chi connectivity index (χ1v) is 5.60. The standard InChI is InChI=1S/C14H9ClO3/c15-13-4-2-1-3-12(13)14(17)18-11-7-5-10(9-16)6-8-11/h1-9H. The smallest absolute Gasteiger partial charge is 0.345 e. The molecule has 2 rings (SSSR count). The lowest BCUT2D eigenvalue weighted by atomic mass is 10.2. The van der Waals surface area contributed by atoms with Crippen LogP contribution in [0.5, 0.6) is 5.75 Å². The molecular formula is C14H9ClO3. The summed E-state index contributed by atoms with van der Waals surface area (Å²) in [7, 11) is 0. The van der Waals surface area contributed by atoms with Crippen LogP contribution in [0.3, 0.4) is 0 Å². The Morgan fingerprint density at radius 2 is 1.72 bits per heavy atom. The van der Waals surface area contributed by atoms with E-state index in [1.54, 1.807) is 48.5 Å². The number of rotatable bonds is 3. The number of halogens is 1. The summed E-state index contributed by atoms with van der Waals surface area (Å²) < 4.78 is 5.14. The van der Waals surface area contributed by atoms with Gasteiger partial charge in [0.25, 0.3) is 0 Å². The summed E-state index contributed by atoms with van der Waals surface area (Å²) in [5.41, 5.74) is 0.825. The molecular weight excluding hydrogens is 252 g/mol. The lowest BCUT2D eigenvalue weighted by molar-refractivity contribution is 0.0735. The molecule has 0 heterocycles. The average molecular weight is 261 g/mol. The molecule has 0 unspecified atom stereocenters. The van der Waals surface area contributed by atoms with E-state index in [0.717, 1.165) is 6.29 Å². The first-order chi connectivity index (χ1) is 8.70. The third kappa shape index (κ3) is 2.76. The van der Waals surface area contributed by atoms with Gasteiger partial charge in [-0.15, -0.1) is 0 Å². The lowest BCUT2D eigenvalue weighted by Gasteiger charge is -2.05. The molecule has 0 aliphatic heterocycles. The monoisotopic (exact) mass is 260 g/mol. The van der Waals surface area contributed by atoms with Crippen LogP contribution in [0.25, 0.3) is 0 Å². The lowest BCUT2D eigenvalue weighted by Crippen LogP contribution is -2.08. The van der Waals surface area contributed by atoms with Crippen molar-refractivity contribution in [3.8, 4) is 5.75 Å². The van der Waals surface area contributed by atoms with Crippen molar-refractivity contribution >= 4 is 23.9 Å². The van der Waals surface area contributed by atoms with Gasteiger partial charge in [-0.25, -0.2) is 4.79 Å². The van der Waals surface area contributed by atoms with E-state index in [0.29, 0.717) is 21.9 Å². The van der Waals surface area contributed by atoms with Crippen molar-refractivity contribution in [2.75, 3.05) is 0 Å². The van der Waals surface area contributed by atoms with Gasteiger partial charge in [0, 0.05) is 5.56 Å². The summed E-state index contributed by atoms with van der Waals surface area (Å²) >= 11 is 5.89. The molecule has 3 nitrogen and oxygen atoms in total. The Labute approximate surface area is 109 Å². The van der Waals surface area contributed by atoms with E-state index in [1.807, 2.05) is 0 Å². The largest absolute Gasteiger partial charge is 0.423 e. The second kappa shape index (κ2) is 5.47. The van der Waals surface area contributed by atoms with Gasteiger partial charge in [-0.1, -0.05) is 23.7 Å². The second-order valence-electron chi connectivity index (χ2n) is 3.56. The number of carbonyl (C=O) groups is 2. The fourth-order valence-electron chi connectivity index (χ4n) is 1.40. The highest BCUT2D eigenvalue weighted by Gasteiger charge is 2.11. The molecule has 2 aromatic rings. The number of carbonyl (C=O) groups excluding carboxylic acids is 2. The summed E-state index contributed by atoms with van der Waals surface area (Å²) in [5, 5.41) is 0.340. The number of aldehydes is 1. The van der Waals surface area contributed by atoms with Crippen molar-refractivity contribution in [2.45, 2.75) is 0 Å². The Hall–Kier alpha value is -2.13. The maximum Gasteiger partial charge on any atom is 0.345 e. The van der Waals surface area contributed by atoms with Gasteiger partial charge < -0.3 is 4.74 Å². The van der Waals surface area contributed by atoms with Gasteiger partial charge in [0.1, 0.15) is 12.0 Å². The Balaban J connectivity index is 2.16. The van der Waals surface area contributed by atoms with E-state index in [9.17, 15) is 9.59 Å². The highest BCUT2D eigenvalue weighted by molar-refractivity contribution is 6.33. The molecule has 90 valence electrons. The molecule has 0 saturated carbocycles. The predicted octanol–water partition coefficient (Wildman–Crippen LogP) is 3.37. The van der Waals surface area contributed by atoms with Gasteiger partial charge in [-0.2, -0.15) is 0 Å². The molecule has 0 bridgehead atoms. The van der Waals surface area contributed by atoms with Crippen LogP contribution in [-0.2, 0) is 0 Å². The Morgan fingerprint density at radius 1 is 1.06 bits per heavy atom. The number of hydrogen-bond donors (Lipinski definition) is 0. The second-order valence-corrected chi connectivity index (χ2v) is 3.96. The van der Waals surface area contributed by atoms with Crippen molar-refractivity contribution in [3.63, 3.8) is 0 Å². The topological polar surface area (TPSA) is 43.4 Å². The zero-order chi connectivity index (χ0) is 13.0. The maximum atomic E-state index is 11.8. The normalized spacial score (nSPS) is 9.83. The van der Waals surface area contributed by atoms with E-state index in [-0.39, 0.29) is 0 Å². The first-order valence-electron chi connectivity index (χ1n) is 5.22. The number of benzene rings is 2. The van der Waals surface area contributed by atoms with Crippen LogP contribution in [0.15, 0.2) is 48.5 Å².